The van der Waals surface area contributed by atoms with Crippen LogP contribution in [-0.2, 0) is 11.2 Å². The summed E-state index contributed by atoms with van der Waals surface area (Å²) in [5.41, 5.74) is 0.986. The van der Waals surface area contributed by atoms with Gasteiger partial charge in [-0.15, -0.1) is 0 Å². The molecule has 17 heavy (non-hydrogen) atoms. The highest BCUT2D eigenvalue weighted by atomic mass is 79.9. The van der Waals surface area contributed by atoms with Crippen molar-refractivity contribution in [1.29, 1.82) is 5.26 Å². The van der Waals surface area contributed by atoms with Crippen LogP contribution in [0.3, 0.4) is 0 Å². The van der Waals surface area contributed by atoms with E-state index >= 15 is 0 Å². The number of halogens is 1. The molecule has 0 aliphatic carbocycles. The predicted molar refractivity (Wildman–Crippen MR) is 70.3 cm³/mol. The van der Waals surface area contributed by atoms with Crippen LogP contribution in [0, 0.1) is 11.3 Å². The van der Waals surface area contributed by atoms with Crippen LogP contribution in [-0.4, -0.2) is 23.9 Å². The Morgan fingerprint density at radius 1 is 1.53 bits per heavy atom. The fraction of sp³-hybridized carbons (Fsp3) is 0.385. The van der Waals surface area contributed by atoms with Gasteiger partial charge in [-0.05, 0) is 24.6 Å². The molecule has 1 amide bonds. The van der Waals surface area contributed by atoms with Gasteiger partial charge >= 0.3 is 0 Å². The van der Waals surface area contributed by atoms with Gasteiger partial charge in [-0.2, -0.15) is 5.26 Å². The van der Waals surface area contributed by atoms with Crippen molar-refractivity contribution in [1.82, 2.24) is 4.90 Å². The first-order valence-corrected chi connectivity index (χ1v) is 6.35. The second-order valence-electron chi connectivity index (χ2n) is 3.69. The van der Waals surface area contributed by atoms with Crippen LogP contribution in [0.4, 0.5) is 0 Å². The molecule has 0 heterocycles. The molecule has 0 aliphatic rings. The first-order chi connectivity index (χ1) is 8.17. The minimum atomic E-state index is 0.0702. The number of rotatable bonds is 5. The predicted octanol–water partition coefficient (Wildman–Crippen LogP) is 2.75. The molecule has 1 aromatic carbocycles. The van der Waals surface area contributed by atoms with Crippen molar-refractivity contribution in [2.24, 2.45) is 0 Å². The van der Waals surface area contributed by atoms with Gasteiger partial charge in [0.25, 0.3) is 0 Å². The lowest BCUT2D eigenvalue weighted by atomic mass is 10.1. The number of nitrogens with zero attached hydrogens (tertiary/aromatic N) is 2. The third kappa shape index (κ3) is 4.58. The zero-order valence-electron chi connectivity index (χ0n) is 9.82. The number of likely N-dealkylation sites (N-methyl/N-ethyl adjacent to an activating group) is 1. The van der Waals surface area contributed by atoms with Gasteiger partial charge in [0, 0.05) is 17.6 Å². The monoisotopic (exact) mass is 294 g/mol. The van der Waals surface area contributed by atoms with E-state index in [1.807, 2.05) is 31.2 Å². The SMILES string of the molecule is CCN(CCC#N)C(=O)Cc1cccc(Br)c1. The molecule has 0 bridgehead atoms. The molecule has 0 saturated carbocycles. The van der Waals surface area contributed by atoms with Gasteiger partial charge in [-0.3, -0.25) is 4.79 Å². The van der Waals surface area contributed by atoms with Gasteiger partial charge in [-0.25, -0.2) is 0 Å². The summed E-state index contributed by atoms with van der Waals surface area (Å²) in [6, 6.07) is 9.78. The largest absolute Gasteiger partial charge is 0.342 e. The average Bonchev–Trinajstić information content (AvgIpc) is 2.30. The second-order valence-corrected chi connectivity index (χ2v) is 4.60. The Hall–Kier alpha value is -1.34. The standard InChI is InChI=1S/C13H15BrN2O/c1-2-16(8-4-7-15)13(17)10-11-5-3-6-12(14)9-11/h3,5-6,9H,2,4,8,10H2,1H3. The molecule has 0 aromatic heterocycles. The molecular weight excluding hydrogens is 280 g/mol. The van der Waals surface area contributed by atoms with Gasteiger partial charge in [0.1, 0.15) is 0 Å². The Bertz CT molecular complexity index is 426. The van der Waals surface area contributed by atoms with E-state index in [2.05, 4.69) is 22.0 Å². The van der Waals surface area contributed by atoms with E-state index in [-0.39, 0.29) is 5.91 Å². The van der Waals surface area contributed by atoms with Crippen LogP contribution in [0.2, 0.25) is 0 Å². The van der Waals surface area contributed by atoms with E-state index in [1.165, 1.54) is 0 Å². The number of hydrogen-bond donors (Lipinski definition) is 0. The summed E-state index contributed by atoms with van der Waals surface area (Å²) in [6.07, 6.45) is 0.775. The molecule has 0 fully saturated rings. The molecule has 0 radical (unpaired) electrons. The highest BCUT2D eigenvalue weighted by Gasteiger charge is 2.11. The third-order valence-corrected chi connectivity index (χ3v) is 2.97. The Morgan fingerprint density at radius 2 is 2.29 bits per heavy atom. The van der Waals surface area contributed by atoms with E-state index in [0.717, 1.165) is 10.0 Å². The van der Waals surface area contributed by atoms with Crippen molar-refractivity contribution in [2.75, 3.05) is 13.1 Å². The number of carbonyl (C=O) groups is 1. The maximum absolute atomic E-state index is 12.0. The van der Waals surface area contributed by atoms with Crippen molar-refractivity contribution in [3.05, 3.63) is 34.3 Å². The Balaban J connectivity index is 2.61. The van der Waals surface area contributed by atoms with E-state index < -0.39 is 0 Å². The highest BCUT2D eigenvalue weighted by Crippen LogP contribution is 2.12. The quantitative estimate of drug-likeness (QED) is 0.838. The molecule has 4 heteroatoms. The lowest BCUT2D eigenvalue weighted by molar-refractivity contribution is -0.130. The number of amides is 1. The van der Waals surface area contributed by atoms with E-state index in [1.54, 1.807) is 4.90 Å². The maximum Gasteiger partial charge on any atom is 0.227 e. The van der Waals surface area contributed by atoms with Gasteiger partial charge in [0.15, 0.2) is 0 Å². The molecule has 0 atom stereocenters. The maximum atomic E-state index is 12.0. The smallest absolute Gasteiger partial charge is 0.227 e. The Morgan fingerprint density at radius 3 is 2.88 bits per heavy atom. The molecule has 0 N–H and O–H groups in total. The normalized spacial score (nSPS) is 9.71. The number of carbonyl (C=O) groups excluding carboxylic acids is 1. The Kier molecular flexibility index (Phi) is 5.71. The average molecular weight is 295 g/mol. The van der Waals surface area contributed by atoms with Crippen LogP contribution < -0.4 is 0 Å². The highest BCUT2D eigenvalue weighted by molar-refractivity contribution is 9.10. The summed E-state index contributed by atoms with van der Waals surface area (Å²) in [7, 11) is 0. The van der Waals surface area contributed by atoms with Crippen molar-refractivity contribution in [2.45, 2.75) is 19.8 Å². The van der Waals surface area contributed by atoms with E-state index in [9.17, 15) is 4.79 Å². The molecule has 0 spiro atoms. The summed E-state index contributed by atoms with van der Waals surface area (Å²) in [6.45, 7) is 3.09. The Labute approximate surface area is 110 Å². The van der Waals surface area contributed by atoms with Crippen molar-refractivity contribution >= 4 is 21.8 Å². The summed E-state index contributed by atoms with van der Waals surface area (Å²) in [4.78, 5) is 13.7. The van der Waals surface area contributed by atoms with Gasteiger partial charge in [-0.1, -0.05) is 28.1 Å². The summed E-state index contributed by atoms with van der Waals surface area (Å²) >= 11 is 3.38. The molecule has 3 nitrogen and oxygen atoms in total. The molecule has 0 aliphatic heterocycles. The summed E-state index contributed by atoms with van der Waals surface area (Å²) in [5, 5.41) is 8.52. The molecule has 1 rings (SSSR count). The van der Waals surface area contributed by atoms with Crippen LogP contribution >= 0.6 is 15.9 Å². The zero-order valence-corrected chi connectivity index (χ0v) is 11.4. The fourth-order valence-electron chi connectivity index (χ4n) is 1.58. The van der Waals surface area contributed by atoms with Crippen LogP contribution in [0.5, 0.6) is 0 Å². The van der Waals surface area contributed by atoms with Gasteiger partial charge < -0.3 is 4.90 Å². The third-order valence-electron chi connectivity index (χ3n) is 2.47. The van der Waals surface area contributed by atoms with Crippen molar-refractivity contribution in [3.63, 3.8) is 0 Å². The molecular formula is C13H15BrN2O. The van der Waals surface area contributed by atoms with Crippen molar-refractivity contribution in [3.8, 4) is 6.07 Å². The lowest BCUT2D eigenvalue weighted by Gasteiger charge is -2.19. The van der Waals surface area contributed by atoms with E-state index in [4.69, 9.17) is 5.26 Å². The molecule has 1 aromatic rings. The first-order valence-electron chi connectivity index (χ1n) is 5.56. The van der Waals surface area contributed by atoms with Crippen LogP contribution in [0.15, 0.2) is 28.7 Å². The molecule has 0 saturated heterocycles. The minimum absolute atomic E-state index is 0.0702. The van der Waals surface area contributed by atoms with Gasteiger partial charge in [0.2, 0.25) is 5.91 Å². The second kappa shape index (κ2) is 7.08. The minimum Gasteiger partial charge on any atom is -0.342 e. The van der Waals surface area contributed by atoms with E-state index in [0.29, 0.717) is 25.9 Å². The summed E-state index contributed by atoms with van der Waals surface area (Å²) < 4.78 is 0.975. The summed E-state index contributed by atoms with van der Waals surface area (Å²) in [5.74, 6) is 0.0702. The van der Waals surface area contributed by atoms with Gasteiger partial charge in [0.05, 0.1) is 18.9 Å². The van der Waals surface area contributed by atoms with Crippen LogP contribution in [0.25, 0.3) is 0 Å². The number of benzene rings is 1. The van der Waals surface area contributed by atoms with Crippen molar-refractivity contribution < 1.29 is 4.79 Å². The first kappa shape index (κ1) is 13.7. The van der Waals surface area contributed by atoms with Crippen LogP contribution in [0.1, 0.15) is 18.9 Å². The zero-order chi connectivity index (χ0) is 12.7. The lowest BCUT2D eigenvalue weighted by Crippen LogP contribution is -2.32. The number of nitriles is 1. The topological polar surface area (TPSA) is 44.1 Å². The fourth-order valence-corrected chi connectivity index (χ4v) is 2.02. The molecule has 90 valence electrons. The number of hydrogen-bond acceptors (Lipinski definition) is 2. The molecule has 0 unspecified atom stereocenters.